The molecule has 0 aromatic carbocycles. The van der Waals surface area contributed by atoms with Crippen molar-refractivity contribution in [2.45, 2.75) is 45.8 Å². The van der Waals surface area contributed by atoms with Gasteiger partial charge in [-0.2, -0.15) is 4.31 Å². The van der Waals surface area contributed by atoms with Crippen LogP contribution < -0.4 is 0 Å². The van der Waals surface area contributed by atoms with E-state index in [1.54, 1.807) is 4.31 Å². The van der Waals surface area contributed by atoms with Gasteiger partial charge in [-0.05, 0) is 27.7 Å². The van der Waals surface area contributed by atoms with Gasteiger partial charge in [0.1, 0.15) is 0 Å². The predicted molar refractivity (Wildman–Crippen MR) is 62.3 cm³/mol. The first-order valence-electron chi connectivity index (χ1n) is 5.46. The molecule has 0 bridgehead atoms. The van der Waals surface area contributed by atoms with Crippen LogP contribution in [0.15, 0.2) is 0 Å². The fourth-order valence-electron chi connectivity index (χ4n) is 2.42. The molecule has 0 amide bonds. The zero-order valence-corrected chi connectivity index (χ0v) is 11.1. The first-order chi connectivity index (χ1) is 6.73. The van der Waals surface area contributed by atoms with Crippen molar-refractivity contribution >= 4 is 10.0 Å². The summed E-state index contributed by atoms with van der Waals surface area (Å²) in [5.74, 6) is 0. The summed E-state index contributed by atoms with van der Waals surface area (Å²) >= 11 is 0. The molecule has 90 valence electrons. The van der Waals surface area contributed by atoms with E-state index in [-0.39, 0.29) is 12.1 Å². The smallest absolute Gasteiger partial charge is 0.211 e. The summed E-state index contributed by atoms with van der Waals surface area (Å²) in [5.41, 5.74) is 0. The van der Waals surface area contributed by atoms with Gasteiger partial charge in [-0.15, -0.1) is 0 Å². The van der Waals surface area contributed by atoms with Gasteiger partial charge >= 0.3 is 0 Å². The molecule has 1 aliphatic heterocycles. The molecule has 1 fully saturated rings. The molecular formula is C10H22N2O2S. The highest BCUT2D eigenvalue weighted by molar-refractivity contribution is 7.88. The number of hydrogen-bond donors (Lipinski definition) is 0. The molecule has 1 rings (SSSR count). The lowest BCUT2D eigenvalue weighted by Crippen LogP contribution is -2.59. The van der Waals surface area contributed by atoms with Crippen molar-refractivity contribution in [2.75, 3.05) is 19.3 Å². The van der Waals surface area contributed by atoms with Crippen molar-refractivity contribution in [3.05, 3.63) is 0 Å². The first-order valence-corrected chi connectivity index (χ1v) is 7.31. The quantitative estimate of drug-likeness (QED) is 0.708. The second-order valence-electron chi connectivity index (χ2n) is 4.84. The normalized spacial score (nSPS) is 31.1. The van der Waals surface area contributed by atoms with E-state index < -0.39 is 10.0 Å². The number of nitrogens with zero attached hydrogens (tertiary/aromatic N) is 2. The van der Waals surface area contributed by atoms with Crippen molar-refractivity contribution in [3.8, 4) is 0 Å². The molecule has 5 heteroatoms. The number of hydrogen-bond acceptors (Lipinski definition) is 3. The van der Waals surface area contributed by atoms with Crippen molar-refractivity contribution in [3.63, 3.8) is 0 Å². The van der Waals surface area contributed by atoms with Crippen molar-refractivity contribution in [1.82, 2.24) is 9.21 Å². The summed E-state index contributed by atoms with van der Waals surface area (Å²) in [6.45, 7) is 9.91. The third kappa shape index (κ3) is 2.92. The largest absolute Gasteiger partial charge is 0.298 e. The standard InChI is InChI=1S/C10H22N2O2S/c1-8(2)11-6-9(3)12(10(4)7-11)15(5,13)14/h8-10H,6-7H2,1-5H3/t9-,10-/m0/s1. The van der Waals surface area contributed by atoms with Crippen molar-refractivity contribution in [2.24, 2.45) is 0 Å². The molecular weight excluding hydrogens is 212 g/mol. The van der Waals surface area contributed by atoms with Gasteiger partial charge in [0.15, 0.2) is 0 Å². The van der Waals surface area contributed by atoms with Gasteiger partial charge < -0.3 is 0 Å². The monoisotopic (exact) mass is 234 g/mol. The lowest BCUT2D eigenvalue weighted by Gasteiger charge is -2.44. The number of piperazine rings is 1. The maximum atomic E-state index is 11.6. The Kier molecular flexibility index (Phi) is 3.79. The zero-order valence-electron chi connectivity index (χ0n) is 10.3. The Morgan fingerprint density at radius 2 is 1.53 bits per heavy atom. The zero-order chi connectivity index (χ0) is 11.8. The Balaban J connectivity index is 2.82. The van der Waals surface area contributed by atoms with Crippen LogP contribution in [0.2, 0.25) is 0 Å². The molecule has 15 heavy (non-hydrogen) atoms. The highest BCUT2D eigenvalue weighted by atomic mass is 32.2. The summed E-state index contributed by atoms with van der Waals surface area (Å²) < 4.78 is 24.8. The van der Waals surface area contributed by atoms with Crippen LogP contribution >= 0.6 is 0 Å². The maximum absolute atomic E-state index is 11.6. The summed E-state index contributed by atoms with van der Waals surface area (Å²) in [6, 6.07) is 0.633. The maximum Gasteiger partial charge on any atom is 0.211 e. The molecule has 0 unspecified atom stereocenters. The van der Waals surface area contributed by atoms with Gasteiger partial charge in [-0.3, -0.25) is 4.90 Å². The minimum atomic E-state index is -3.07. The van der Waals surface area contributed by atoms with E-state index in [0.29, 0.717) is 6.04 Å². The van der Waals surface area contributed by atoms with E-state index in [4.69, 9.17) is 0 Å². The molecule has 0 radical (unpaired) electrons. The Labute approximate surface area is 93.3 Å². The van der Waals surface area contributed by atoms with E-state index in [9.17, 15) is 8.42 Å². The predicted octanol–water partition coefficient (Wildman–Crippen LogP) is 0.749. The third-order valence-corrected chi connectivity index (χ3v) is 4.47. The van der Waals surface area contributed by atoms with Crippen molar-refractivity contribution < 1.29 is 8.42 Å². The molecule has 0 N–H and O–H groups in total. The van der Waals surface area contributed by atoms with E-state index in [0.717, 1.165) is 13.1 Å². The van der Waals surface area contributed by atoms with E-state index >= 15 is 0 Å². The molecule has 4 nitrogen and oxygen atoms in total. The number of rotatable bonds is 2. The number of sulfonamides is 1. The summed E-state index contributed by atoms with van der Waals surface area (Å²) in [4.78, 5) is 2.33. The second-order valence-corrected chi connectivity index (χ2v) is 6.73. The van der Waals surface area contributed by atoms with Crippen LogP contribution in [-0.2, 0) is 10.0 Å². The fourth-order valence-corrected chi connectivity index (χ4v) is 3.86. The topological polar surface area (TPSA) is 40.6 Å². The van der Waals surface area contributed by atoms with Crippen LogP contribution in [0.3, 0.4) is 0 Å². The fraction of sp³-hybridized carbons (Fsp3) is 1.00. The van der Waals surface area contributed by atoms with Crippen LogP contribution in [0, 0.1) is 0 Å². The SMILES string of the molecule is CC(C)N1C[C@H](C)N(S(C)(=O)=O)[C@@H](C)C1. The minimum Gasteiger partial charge on any atom is -0.298 e. The minimum absolute atomic E-state index is 0.0751. The molecule has 2 atom stereocenters. The van der Waals surface area contributed by atoms with E-state index in [1.165, 1.54) is 6.26 Å². The highest BCUT2D eigenvalue weighted by Gasteiger charge is 2.35. The molecule has 0 aliphatic carbocycles. The molecule has 0 spiro atoms. The van der Waals surface area contributed by atoms with Crippen LogP contribution in [0.25, 0.3) is 0 Å². The van der Waals surface area contributed by atoms with E-state index in [1.807, 2.05) is 13.8 Å². The Hall–Kier alpha value is -0.130. The third-order valence-electron chi connectivity index (χ3n) is 2.98. The molecule has 0 saturated carbocycles. The van der Waals surface area contributed by atoms with Crippen LogP contribution in [0.1, 0.15) is 27.7 Å². The molecule has 1 aliphatic rings. The first kappa shape index (κ1) is 12.9. The van der Waals surface area contributed by atoms with Crippen LogP contribution in [-0.4, -0.2) is 55.1 Å². The lowest BCUT2D eigenvalue weighted by atomic mass is 10.1. The Morgan fingerprint density at radius 3 is 1.80 bits per heavy atom. The van der Waals surface area contributed by atoms with Gasteiger partial charge in [-0.25, -0.2) is 8.42 Å². The summed E-state index contributed by atoms with van der Waals surface area (Å²) in [5, 5.41) is 0. The average molecular weight is 234 g/mol. The van der Waals surface area contributed by atoms with Gasteiger partial charge in [0.05, 0.1) is 6.26 Å². The molecule has 1 heterocycles. The lowest BCUT2D eigenvalue weighted by molar-refractivity contribution is 0.0795. The molecule has 1 saturated heterocycles. The van der Waals surface area contributed by atoms with Gasteiger partial charge in [0.2, 0.25) is 10.0 Å². The summed E-state index contributed by atoms with van der Waals surface area (Å²) in [6.07, 6.45) is 1.30. The molecule has 0 aromatic heterocycles. The summed E-state index contributed by atoms with van der Waals surface area (Å²) in [7, 11) is -3.07. The van der Waals surface area contributed by atoms with Gasteiger partial charge in [0.25, 0.3) is 0 Å². The Bertz CT molecular complexity index is 301. The van der Waals surface area contributed by atoms with E-state index in [2.05, 4.69) is 18.7 Å². The molecule has 0 aromatic rings. The van der Waals surface area contributed by atoms with Crippen molar-refractivity contribution in [1.29, 1.82) is 0 Å². The second kappa shape index (κ2) is 4.39. The van der Waals surface area contributed by atoms with Gasteiger partial charge in [0, 0.05) is 31.2 Å². The Morgan fingerprint density at radius 1 is 1.13 bits per heavy atom. The highest BCUT2D eigenvalue weighted by Crippen LogP contribution is 2.20. The van der Waals surface area contributed by atoms with Crippen LogP contribution in [0.4, 0.5) is 0 Å². The average Bonchev–Trinajstić information content (AvgIpc) is 1.99. The van der Waals surface area contributed by atoms with Crippen LogP contribution in [0.5, 0.6) is 0 Å². The van der Waals surface area contributed by atoms with Gasteiger partial charge in [-0.1, -0.05) is 0 Å².